The summed E-state index contributed by atoms with van der Waals surface area (Å²) in [5.41, 5.74) is 2.78. The van der Waals surface area contributed by atoms with Crippen LogP contribution in [-0.2, 0) is 17.8 Å². The van der Waals surface area contributed by atoms with Crippen molar-refractivity contribution in [3.8, 4) is 0 Å². The lowest BCUT2D eigenvalue weighted by molar-refractivity contribution is -0.146. The van der Waals surface area contributed by atoms with Crippen LogP contribution in [0.4, 0.5) is 0 Å². The molecule has 4 bridgehead atoms. The molecule has 0 saturated heterocycles. The largest absolute Gasteiger partial charge is 0.355 e. The summed E-state index contributed by atoms with van der Waals surface area (Å²) in [6, 6.07) is 13.7. The summed E-state index contributed by atoms with van der Waals surface area (Å²) < 4.78 is 2.18. The van der Waals surface area contributed by atoms with Crippen molar-refractivity contribution < 1.29 is 4.79 Å². The maximum absolute atomic E-state index is 13.4. The van der Waals surface area contributed by atoms with Crippen molar-refractivity contribution in [2.75, 3.05) is 6.54 Å². The smallest absolute Gasteiger partial charge is 0.226 e. The molecule has 4 aliphatic rings. The normalized spacial score (nSPS) is 27.9. The maximum Gasteiger partial charge on any atom is 0.226 e. The van der Waals surface area contributed by atoms with Gasteiger partial charge in [0.05, 0.1) is 17.6 Å². The van der Waals surface area contributed by atoms with Gasteiger partial charge < -0.3 is 9.88 Å². The molecular formula is C27H29Cl2N3O. The van der Waals surface area contributed by atoms with E-state index >= 15 is 0 Å². The Morgan fingerprint density at radius 3 is 2.27 bits per heavy atom. The quantitative estimate of drug-likeness (QED) is 0.451. The Morgan fingerprint density at radius 1 is 0.970 bits per heavy atom. The molecule has 172 valence electrons. The van der Waals surface area contributed by atoms with Crippen LogP contribution in [0.1, 0.15) is 49.9 Å². The number of imidazole rings is 1. The van der Waals surface area contributed by atoms with Gasteiger partial charge in [0.15, 0.2) is 0 Å². The van der Waals surface area contributed by atoms with Gasteiger partial charge in [-0.05, 0) is 80.5 Å². The van der Waals surface area contributed by atoms with Gasteiger partial charge in [0.1, 0.15) is 5.82 Å². The van der Waals surface area contributed by atoms with Crippen molar-refractivity contribution in [3.63, 3.8) is 0 Å². The molecule has 3 aromatic rings. The molecule has 0 spiro atoms. The van der Waals surface area contributed by atoms with Gasteiger partial charge in [0.2, 0.25) is 5.91 Å². The number of nitrogens with one attached hydrogen (secondary N) is 1. The van der Waals surface area contributed by atoms with Gasteiger partial charge in [0.25, 0.3) is 0 Å². The highest BCUT2D eigenvalue weighted by molar-refractivity contribution is 6.36. The van der Waals surface area contributed by atoms with Crippen molar-refractivity contribution >= 4 is 40.1 Å². The maximum atomic E-state index is 13.4. The molecule has 0 radical (unpaired) electrons. The Kier molecular flexibility index (Phi) is 5.42. The molecule has 0 atom stereocenters. The number of fused-ring (bicyclic) bond motifs is 1. The fourth-order valence-corrected chi connectivity index (χ4v) is 7.72. The first-order chi connectivity index (χ1) is 16.0. The molecule has 0 unspecified atom stereocenters. The van der Waals surface area contributed by atoms with Crippen molar-refractivity contribution in [1.29, 1.82) is 0 Å². The molecule has 4 aliphatic carbocycles. The summed E-state index contributed by atoms with van der Waals surface area (Å²) in [6.45, 7) is 1.15. The monoisotopic (exact) mass is 481 g/mol. The lowest BCUT2D eigenvalue weighted by atomic mass is 9.49. The number of carbonyl (C=O) groups is 1. The highest BCUT2D eigenvalue weighted by atomic mass is 35.5. The minimum atomic E-state index is -0.111. The van der Waals surface area contributed by atoms with Gasteiger partial charge in [-0.1, -0.05) is 41.4 Å². The average molecular weight is 482 g/mol. The molecule has 4 nitrogen and oxygen atoms in total. The van der Waals surface area contributed by atoms with E-state index in [1.54, 1.807) is 0 Å². The number of halogens is 2. The first kappa shape index (κ1) is 21.5. The van der Waals surface area contributed by atoms with E-state index in [2.05, 4.69) is 16.0 Å². The number of benzene rings is 2. The number of hydrogen-bond donors (Lipinski definition) is 1. The summed E-state index contributed by atoms with van der Waals surface area (Å²) in [6.07, 6.45) is 8.00. The van der Waals surface area contributed by atoms with Crippen LogP contribution < -0.4 is 5.32 Å². The van der Waals surface area contributed by atoms with Crippen LogP contribution in [0.5, 0.6) is 0 Å². The topological polar surface area (TPSA) is 46.9 Å². The van der Waals surface area contributed by atoms with Crippen molar-refractivity contribution in [2.45, 2.75) is 51.5 Å². The fourth-order valence-electron chi connectivity index (χ4n) is 7.20. The van der Waals surface area contributed by atoms with E-state index in [4.69, 9.17) is 28.2 Å². The van der Waals surface area contributed by atoms with Crippen LogP contribution in [0.15, 0.2) is 42.5 Å². The predicted molar refractivity (Wildman–Crippen MR) is 133 cm³/mol. The van der Waals surface area contributed by atoms with Crippen LogP contribution in [-0.4, -0.2) is 22.0 Å². The molecule has 1 heterocycles. The second kappa shape index (κ2) is 8.32. The number of nitrogens with zero attached hydrogens (tertiary/aromatic N) is 2. The second-order valence-corrected chi connectivity index (χ2v) is 11.3. The summed E-state index contributed by atoms with van der Waals surface area (Å²) >= 11 is 12.9. The van der Waals surface area contributed by atoms with E-state index in [0.29, 0.717) is 29.6 Å². The molecule has 6 heteroatoms. The molecule has 1 N–H and O–H groups in total. The number of amides is 1. The number of carbonyl (C=O) groups excluding carboxylic acids is 1. The molecular weight excluding hydrogens is 453 g/mol. The van der Waals surface area contributed by atoms with Gasteiger partial charge in [0, 0.05) is 34.0 Å². The summed E-state index contributed by atoms with van der Waals surface area (Å²) in [7, 11) is 0. The van der Waals surface area contributed by atoms with Crippen molar-refractivity contribution in [1.82, 2.24) is 14.9 Å². The fraction of sp³-hybridized carbons (Fsp3) is 0.481. The van der Waals surface area contributed by atoms with E-state index < -0.39 is 0 Å². The average Bonchev–Trinajstić information content (AvgIpc) is 3.12. The van der Waals surface area contributed by atoms with E-state index in [9.17, 15) is 4.79 Å². The van der Waals surface area contributed by atoms with E-state index in [-0.39, 0.29) is 11.3 Å². The predicted octanol–water partition coefficient (Wildman–Crippen LogP) is 6.27. The molecule has 7 rings (SSSR count). The summed E-state index contributed by atoms with van der Waals surface area (Å²) in [5, 5.41) is 4.61. The van der Waals surface area contributed by atoms with Gasteiger partial charge in [-0.2, -0.15) is 0 Å². The van der Waals surface area contributed by atoms with Crippen LogP contribution in [0.25, 0.3) is 11.0 Å². The Hall–Kier alpha value is -2.04. The highest BCUT2D eigenvalue weighted by Gasteiger charge is 2.54. The van der Waals surface area contributed by atoms with Crippen LogP contribution >= 0.6 is 23.2 Å². The van der Waals surface area contributed by atoms with Gasteiger partial charge in [-0.15, -0.1) is 0 Å². The Morgan fingerprint density at radius 2 is 1.61 bits per heavy atom. The zero-order chi connectivity index (χ0) is 22.6. The number of para-hydroxylation sites is 2. The molecule has 0 aliphatic heterocycles. The first-order valence-corrected chi connectivity index (χ1v) is 12.9. The van der Waals surface area contributed by atoms with Crippen LogP contribution in [0.2, 0.25) is 10.0 Å². The zero-order valence-corrected chi connectivity index (χ0v) is 20.2. The SMILES string of the molecule is O=C(NCCc1nc2ccccc2n1Cc1c(Cl)cccc1Cl)C12CC3CC(CC(C3)C1)C2. The third-order valence-electron chi connectivity index (χ3n) is 8.27. The molecule has 33 heavy (non-hydrogen) atoms. The van der Waals surface area contributed by atoms with Crippen molar-refractivity contribution in [3.05, 3.63) is 63.9 Å². The standard InChI is InChI=1S/C27H29Cl2N3O/c28-21-4-3-5-22(29)20(21)16-32-24-7-2-1-6-23(24)31-25(32)8-9-30-26(33)27-13-17-10-18(14-27)12-19(11-17)15-27/h1-7,17-19H,8-16H2,(H,30,33). The first-order valence-electron chi connectivity index (χ1n) is 12.2. The van der Waals surface area contributed by atoms with Crippen LogP contribution in [0.3, 0.4) is 0 Å². The third-order valence-corrected chi connectivity index (χ3v) is 8.97. The summed E-state index contributed by atoms with van der Waals surface area (Å²) in [4.78, 5) is 18.2. The second-order valence-electron chi connectivity index (χ2n) is 10.5. The molecule has 4 fully saturated rings. The van der Waals surface area contributed by atoms with E-state index in [0.717, 1.165) is 59.4 Å². The van der Waals surface area contributed by atoms with Gasteiger partial charge in [-0.25, -0.2) is 4.98 Å². The van der Waals surface area contributed by atoms with Gasteiger partial charge >= 0.3 is 0 Å². The Labute approximate surface area is 204 Å². The number of aromatic nitrogens is 2. The molecule has 2 aromatic carbocycles. The van der Waals surface area contributed by atoms with E-state index in [1.165, 1.54) is 19.3 Å². The zero-order valence-electron chi connectivity index (χ0n) is 18.7. The van der Waals surface area contributed by atoms with Crippen molar-refractivity contribution in [2.24, 2.45) is 23.2 Å². The van der Waals surface area contributed by atoms with Crippen LogP contribution in [0, 0.1) is 23.2 Å². The number of hydrogen-bond acceptors (Lipinski definition) is 2. The Balaban J connectivity index is 1.21. The lowest BCUT2D eigenvalue weighted by Crippen LogP contribution is -2.53. The number of rotatable bonds is 6. The Bertz CT molecular complexity index is 1160. The minimum Gasteiger partial charge on any atom is -0.355 e. The van der Waals surface area contributed by atoms with E-state index in [1.807, 2.05) is 36.4 Å². The van der Waals surface area contributed by atoms with Gasteiger partial charge in [-0.3, -0.25) is 4.79 Å². The minimum absolute atomic E-state index is 0.111. The third kappa shape index (κ3) is 3.85. The highest BCUT2D eigenvalue weighted by Crippen LogP contribution is 2.60. The lowest BCUT2D eigenvalue weighted by Gasteiger charge is -2.55. The molecule has 1 aromatic heterocycles. The molecule has 4 saturated carbocycles. The molecule has 1 amide bonds. The summed E-state index contributed by atoms with van der Waals surface area (Å²) in [5.74, 6) is 3.53.